The van der Waals surface area contributed by atoms with Crippen LogP contribution in [0.2, 0.25) is 0 Å². The van der Waals surface area contributed by atoms with Crippen molar-refractivity contribution in [2.24, 2.45) is 18.9 Å². The van der Waals surface area contributed by atoms with E-state index in [0.29, 0.717) is 25.7 Å². The fourth-order valence-corrected chi connectivity index (χ4v) is 3.63. The summed E-state index contributed by atoms with van der Waals surface area (Å²) >= 11 is 0. The summed E-state index contributed by atoms with van der Waals surface area (Å²) in [6.07, 6.45) is 3.63. The predicted molar refractivity (Wildman–Crippen MR) is 85.1 cm³/mol. The number of aromatic nitrogens is 3. The van der Waals surface area contributed by atoms with Gasteiger partial charge < -0.3 is 9.64 Å². The highest BCUT2D eigenvalue weighted by Crippen LogP contribution is 2.24. The van der Waals surface area contributed by atoms with Gasteiger partial charge in [0.25, 0.3) is 0 Å². The highest BCUT2D eigenvalue weighted by molar-refractivity contribution is 5.79. The first-order chi connectivity index (χ1) is 11.1. The van der Waals surface area contributed by atoms with Gasteiger partial charge >= 0.3 is 5.69 Å². The fraction of sp³-hybridized carbons (Fsp3) is 0.812. The topological polar surface area (TPSA) is 69.4 Å². The molecule has 0 aliphatic carbocycles. The molecule has 2 fully saturated rings. The summed E-state index contributed by atoms with van der Waals surface area (Å²) < 4.78 is 8.48. The van der Waals surface area contributed by atoms with E-state index in [9.17, 15) is 9.59 Å². The third kappa shape index (κ3) is 3.34. The lowest BCUT2D eigenvalue weighted by Crippen LogP contribution is -2.42. The van der Waals surface area contributed by atoms with Crippen molar-refractivity contribution in [2.75, 3.05) is 26.3 Å². The monoisotopic (exact) mass is 322 g/mol. The van der Waals surface area contributed by atoms with Gasteiger partial charge in [-0.05, 0) is 32.1 Å². The molecule has 2 aliphatic heterocycles. The standard InChI is InChI=1S/C16H26N4O3/c1-3-20-14(17-18(2)16(20)22)10-12-4-7-19(8-5-12)15(21)13-6-9-23-11-13/h12-13H,3-11H2,1-2H3/t13-/m0/s1. The molecule has 3 heterocycles. The molecule has 7 heteroatoms. The van der Waals surface area contributed by atoms with Gasteiger partial charge in [-0.3, -0.25) is 9.36 Å². The van der Waals surface area contributed by atoms with Crippen molar-refractivity contribution in [2.45, 2.75) is 39.2 Å². The largest absolute Gasteiger partial charge is 0.381 e. The minimum atomic E-state index is -0.0450. The van der Waals surface area contributed by atoms with Gasteiger partial charge in [0.15, 0.2) is 0 Å². The van der Waals surface area contributed by atoms with Crippen molar-refractivity contribution in [3.63, 3.8) is 0 Å². The Morgan fingerprint density at radius 2 is 2.04 bits per heavy atom. The maximum Gasteiger partial charge on any atom is 0.345 e. The molecule has 0 spiro atoms. The zero-order valence-corrected chi connectivity index (χ0v) is 14.0. The van der Waals surface area contributed by atoms with Gasteiger partial charge in [0.05, 0.1) is 12.5 Å². The number of amides is 1. The summed E-state index contributed by atoms with van der Waals surface area (Å²) in [6, 6.07) is 0. The second-order valence-electron chi connectivity index (χ2n) is 6.60. The van der Waals surface area contributed by atoms with E-state index in [-0.39, 0.29) is 17.5 Å². The number of hydrogen-bond acceptors (Lipinski definition) is 4. The molecule has 1 aromatic rings. The molecule has 1 atom stereocenters. The molecule has 0 N–H and O–H groups in total. The first-order valence-electron chi connectivity index (χ1n) is 8.59. The van der Waals surface area contributed by atoms with Gasteiger partial charge in [-0.25, -0.2) is 9.48 Å². The number of carbonyl (C=O) groups excluding carboxylic acids is 1. The second-order valence-corrected chi connectivity index (χ2v) is 6.60. The van der Waals surface area contributed by atoms with Crippen LogP contribution in [0.4, 0.5) is 0 Å². The summed E-state index contributed by atoms with van der Waals surface area (Å²) in [7, 11) is 1.70. The summed E-state index contributed by atoms with van der Waals surface area (Å²) in [6.45, 7) is 5.53. The maximum absolute atomic E-state index is 12.4. The molecular formula is C16H26N4O3. The quantitative estimate of drug-likeness (QED) is 0.805. The molecule has 0 saturated carbocycles. The highest BCUT2D eigenvalue weighted by Gasteiger charge is 2.31. The third-order valence-electron chi connectivity index (χ3n) is 5.08. The Morgan fingerprint density at radius 3 is 2.65 bits per heavy atom. The van der Waals surface area contributed by atoms with E-state index in [1.54, 1.807) is 11.6 Å². The van der Waals surface area contributed by atoms with Gasteiger partial charge in [-0.1, -0.05) is 0 Å². The van der Waals surface area contributed by atoms with Crippen molar-refractivity contribution in [3.8, 4) is 0 Å². The molecule has 128 valence electrons. The Hall–Kier alpha value is -1.63. The molecule has 0 aromatic carbocycles. The third-order valence-corrected chi connectivity index (χ3v) is 5.08. The van der Waals surface area contributed by atoms with Crippen LogP contribution in [0.3, 0.4) is 0 Å². The zero-order chi connectivity index (χ0) is 16.4. The van der Waals surface area contributed by atoms with Crippen LogP contribution in [0.15, 0.2) is 4.79 Å². The summed E-state index contributed by atoms with van der Waals surface area (Å²) in [4.78, 5) is 26.3. The molecule has 7 nitrogen and oxygen atoms in total. The number of rotatable bonds is 4. The normalized spacial score (nSPS) is 22.7. The Bertz CT molecular complexity index is 607. The number of aryl methyl sites for hydroxylation is 1. The molecule has 0 radical (unpaired) electrons. The van der Waals surface area contributed by atoms with E-state index >= 15 is 0 Å². The van der Waals surface area contributed by atoms with Crippen LogP contribution in [-0.2, 0) is 29.5 Å². The van der Waals surface area contributed by atoms with E-state index in [2.05, 4.69) is 5.10 Å². The van der Waals surface area contributed by atoms with Crippen molar-refractivity contribution in [1.82, 2.24) is 19.2 Å². The Kier molecular flexibility index (Phi) is 4.84. The fourth-order valence-electron chi connectivity index (χ4n) is 3.63. The Morgan fingerprint density at radius 1 is 1.30 bits per heavy atom. The summed E-state index contributed by atoms with van der Waals surface area (Å²) in [5.41, 5.74) is -0.0450. The van der Waals surface area contributed by atoms with E-state index in [0.717, 1.165) is 44.6 Å². The van der Waals surface area contributed by atoms with Crippen molar-refractivity contribution < 1.29 is 9.53 Å². The minimum Gasteiger partial charge on any atom is -0.381 e. The first-order valence-corrected chi connectivity index (χ1v) is 8.59. The van der Waals surface area contributed by atoms with E-state index < -0.39 is 0 Å². The number of ether oxygens (including phenoxy) is 1. The second kappa shape index (κ2) is 6.86. The van der Waals surface area contributed by atoms with Crippen molar-refractivity contribution >= 4 is 5.91 Å². The molecular weight excluding hydrogens is 296 g/mol. The van der Waals surface area contributed by atoms with E-state index in [1.165, 1.54) is 4.68 Å². The molecule has 1 aromatic heterocycles. The molecule has 2 saturated heterocycles. The smallest absolute Gasteiger partial charge is 0.345 e. The average Bonchev–Trinajstić information content (AvgIpc) is 3.17. The first kappa shape index (κ1) is 16.2. The summed E-state index contributed by atoms with van der Waals surface area (Å²) in [5, 5.41) is 4.36. The number of hydrogen-bond donors (Lipinski definition) is 0. The molecule has 23 heavy (non-hydrogen) atoms. The number of nitrogens with zero attached hydrogens (tertiary/aromatic N) is 4. The van der Waals surface area contributed by atoms with Gasteiger partial charge in [0.1, 0.15) is 5.82 Å². The molecule has 0 bridgehead atoms. The van der Waals surface area contributed by atoms with Gasteiger partial charge in [-0.15, -0.1) is 0 Å². The molecule has 2 aliphatic rings. The van der Waals surface area contributed by atoms with Gasteiger partial charge in [0, 0.05) is 39.7 Å². The lowest BCUT2D eigenvalue weighted by Gasteiger charge is -2.33. The van der Waals surface area contributed by atoms with Crippen LogP contribution in [0.25, 0.3) is 0 Å². The summed E-state index contributed by atoms with van der Waals surface area (Å²) in [5.74, 6) is 1.68. The number of carbonyl (C=O) groups is 1. The average molecular weight is 322 g/mol. The molecule has 3 rings (SSSR count). The lowest BCUT2D eigenvalue weighted by molar-refractivity contribution is -0.136. The molecule has 1 amide bonds. The van der Waals surface area contributed by atoms with Crippen LogP contribution in [-0.4, -0.2) is 51.5 Å². The number of piperidine rings is 1. The number of likely N-dealkylation sites (tertiary alicyclic amines) is 1. The van der Waals surface area contributed by atoms with Crippen LogP contribution < -0.4 is 5.69 Å². The SMILES string of the molecule is CCn1c(CC2CCN(C(=O)[C@H]3CCOC3)CC2)nn(C)c1=O. The van der Waals surface area contributed by atoms with E-state index in [1.807, 2.05) is 11.8 Å². The zero-order valence-electron chi connectivity index (χ0n) is 14.0. The van der Waals surface area contributed by atoms with Crippen LogP contribution in [0.5, 0.6) is 0 Å². The van der Waals surface area contributed by atoms with Crippen LogP contribution in [0, 0.1) is 11.8 Å². The maximum atomic E-state index is 12.4. The van der Waals surface area contributed by atoms with Crippen LogP contribution in [0.1, 0.15) is 32.0 Å². The highest BCUT2D eigenvalue weighted by atomic mass is 16.5. The lowest BCUT2D eigenvalue weighted by atomic mass is 9.92. The van der Waals surface area contributed by atoms with Gasteiger partial charge in [0.2, 0.25) is 5.91 Å². The Labute approximate surface area is 136 Å². The van der Waals surface area contributed by atoms with E-state index in [4.69, 9.17) is 4.74 Å². The van der Waals surface area contributed by atoms with Crippen LogP contribution >= 0.6 is 0 Å². The molecule has 0 unspecified atom stereocenters. The minimum absolute atomic E-state index is 0.0450. The Balaban J connectivity index is 1.56. The van der Waals surface area contributed by atoms with Gasteiger partial charge in [-0.2, -0.15) is 5.10 Å². The predicted octanol–water partition coefficient (Wildman–Crippen LogP) is 0.419. The van der Waals surface area contributed by atoms with Crippen molar-refractivity contribution in [1.29, 1.82) is 0 Å². The van der Waals surface area contributed by atoms with Crippen molar-refractivity contribution in [3.05, 3.63) is 16.3 Å².